The maximum atomic E-state index is 8.82. The lowest BCUT2D eigenvalue weighted by atomic mass is 10.2. The predicted octanol–water partition coefficient (Wildman–Crippen LogP) is 3.02. The molecule has 0 atom stereocenters. The molecule has 0 aliphatic rings. The summed E-state index contributed by atoms with van der Waals surface area (Å²) >= 11 is 0. The molecule has 0 aliphatic heterocycles. The van der Waals surface area contributed by atoms with Crippen molar-refractivity contribution < 1.29 is 4.74 Å². The lowest BCUT2D eigenvalue weighted by Gasteiger charge is -2.21. The van der Waals surface area contributed by atoms with Gasteiger partial charge in [-0.2, -0.15) is 10.5 Å². The van der Waals surface area contributed by atoms with Crippen LogP contribution in [0.15, 0.2) is 48.5 Å². The first-order valence-electron chi connectivity index (χ1n) is 8.14. The molecule has 0 fully saturated rings. The van der Waals surface area contributed by atoms with E-state index >= 15 is 0 Å². The van der Waals surface area contributed by atoms with E-state index in [-0.39, 0.29) is 0 Å². The summed E-state index contributed by atoms with van der Waals surface area (Å²) in [5, 5.41) is 17.6. The molecule has 0 aromatic heterocycles. The number of anilines is 2. The van der Waals surface area contributed by atoms with Gasteiger partial charge in [0.15, 0.2) is 0 Å². The van der Waals surface area contributed by atoms with Crippen LogP contribution >= 0.6 is 0 Å². The minimum Gasteiger partial charge on any atom is -0.378 e. The van der Waals surface area contributed by atoms with Crippen LogP contribution in [0.25, 0.3) is 0 Å². The van der Waals surface area contributed by atoms with Crippen molar-refractivity contribution in [1.29, 1.82) is 10.5 Å². The van der Waals surface area contributed by atoms with Crippen LogP contribution in [-0.4, -0.2) is 40.4 Å². The van der Waals surface area contributed by atoms with Gasteiger partial charge in [0, 0.05) is 38.6 Å². The van der Waals surface area contributed by atoms with Gasteiger partial charge in [0.25, 0.3) is 0 Å². The fraction of sp³-hybridized carbons (Fsp3) is 0.300. The molecule has 0 aliphatic carbocycles. The first-order valence-corrected chi connectivity index (χ1v) is 8.14. The van der Waals surface area contributed by atoms with Gasteiger partial charge >= 0.3 is 0 Å². The van der Waals surface area contributed by atoms with Crippen LogP contribution in [0.2, 0.25) is 0 Å². The zero-order valence-corrected chi connectivity index (χ0v) is 14.6. The minimum absolute atomic E-state index is 0.637. The molecule has 25 heavy (non-hydrogen) atoms. The van der Waals surface area contributed by atoms with Crippen LogP contribution in [-0.2, 0) is 4.74 Å². The average molecular weight is 334 g/mol. The molecule has 0 amide bonds. The van der Waals surface area contributed by atoms with Crippen LogP contribution in [0.1, 0.15) is 11.1 Å². The molecule has 5 heteroatoms. The summed E-state index contributed by atoms with van der Waals surface area (Å²) in [7, 11) is 4.02. The zero-order chi connectivity index (χ0) is 18.1. The van der Waals surface area contributed by atoms with Crippen molar-refractivity contribution in [1.82, 2.24) is 0 Å². The summed E-state index contributed by atoms with van der Waals surface area (Å²) in [5.41, 5.74) is 3.47. The zero-order valence-electron chi connectivity index (χ0n) is 14.6. The second-order valence-electron chi connectivity index (χ2n) is 5.77. The van der Waals surface area contributed by atoms with E-state index in [4.69, 9.17) is 15.3 Å². The van der Waals surface area contributed by atoms with Crippen molar-refractivity contribution in [2.45, 2.75) is 0 Å². The van der Waals surface area contributed by atoms with Gasteiger partial charge in [0.05, 0.1) is 36.5 Å². The second kappa shape index (κ2) is 9.32. The van der Waals surface area contributed by atoms with E-state index in [1.165, 1.54) is 0 Å². The fourth-order valence-corrected chi connectivity index (χ4v) is 2.34. The van der Waals surface area contributed by atoms with E-state index in [2.05, 4.69) is 21.9 Å². The summed E-state index contributed by atoms with van der Waals surface area (Å²) in [4.78, 5) is 4.21. The third-order valence-electron chi connectivity index (χ3n) is 4.02. The van der Waals surface area contributed by atoms with Crippen molar-refractivity contribution in [2.75, 3.05) is 50.2 Å². The topological polar surface area (TPSA) is 63.3 Å². The van der Waals surface area contributed by atoms with E-state index in [0.717, 1.165) is 24.5 Å². The van der Waals surface area contributed by atoms with Gasteiger partial charge in [-0.1, -0.05) is 0 Å². The number of benzene rings is 2. The van der Waals surface area contributed by atoms with Gasteiger partial charge in [-0.3, -0.25) is 0 Å². The lowest BCUT2D eigenvalue weighted by Crippen LogP contribution is -2.26. The molecule has 128 valence electrons. The summed E-state index contributed by atoms with van der Waals surface area (Å²) in [6, 6.07) is 19.3. The molecule has 0 saturated heterocycles. The molecule has 0 bridgehead atoms. The van der Waals surface area contributed by atoms with Gasteiger partial charge < -0.3 is 14.5 Å². The quantitative estimate of drug-likeness (QED) is 0.694. The average Bonchev–Trinajstić information content (AvgIpc) is 2.67. The Morgan fingerprint density at radius 1 is 0.720 bits per heavy atom. The van der Waals surface area contributed by atoms with Gasteiger partial charge in [-0.15, -0.1) is 0 Å². The summed E-state index contributed by atoms with van der Waals surface area (Å²) in [5.74, 6) is 0. The number of hydrogen-bond donors (Lipinski definition) is 0. The van der Waals surface area contributed by atoms with Crippen LogP contribution in [0.5, 0.6) is 0 Å². The van der Waals surface area contributed by atoms with Crippen molar-refractivity contribution in [3.8, 4) is 12.1 Å². The number of likely N-dealkylation sites (N-methyl/N-ethyl adjacent to an activating group) is 2. The Morgan fingerprint density at radius 3 is 1.40 bits per heavy atom. The lowest BCUT2D eigenvalue weighted by molar-refractivity contribution is 0.147. The third-order valence-corrected chi connectivity index (χ3v) is 4.02. The molecule has 2 rings (SSSR count). The van der Waals surface area contributed by atoms with Crippen molar-refractivity contribution in [3.63, 3.8) is 0 Å². The maximum Gasteiger partial charge on any atom is 0.0991 e. The predicted molar refractivity (Wildman–Crippen MR) is 99.7 cm³/mol. The SMILES string of the molecule is CN(CCOCCN(C)c1ccc(C#N)cc1)c1ccc(C#N)cc1. The molecule has 0 spiro atoms. The second-order valence-corrected chi connectivity index (χ2v) is 5.77. The molecular formula is C20H22N4O. The molecule has 2 aromatic rings. The van der Waals surface area contributed by atoms with Crippen molar-refractivity contribution in [2.24, 2.45) is 0 Å². The Labute approximate surface area is 149 Å². The number of hydrogen-bond acceptors (Lipinski definition) is 5. The molecule has 0 N–H and O–H groups in total. The first kappa shape index (κ1) is 18.3. The molecule has 2 aromatic carbocycles. The summed E-state index contributed by atoms with van der Waals surface area (Å²) in [6.45, 7) is 2.84. The first-order chi connectivity index (χ1) is 12.1. The number of ether oxygens (including phenoxy) is 1. The Hall–Kier alpha value is -3.02. The normalized spacial score (nSPS) is 9.92. The standard InChI is InChI=1S/C20H22N4O/c1-23(19-7-3-17(15-21)4-8-19)11-13-25-14-12-24(2)20-9-5-18(16-22)6-10-20/h3-10H,11-14H2,1-2H3. The Kier molecular flexibility index (Phi) is 6.83. The van der Waals surface area contributed by atoms with Crippen LogP contribution in [0.3, 0.4) is 0 Å². The van der Waals surface area contributed by atoms with E-state index in [1.54, 1.807) is 0 Å². The van der Waals surface area contributed by atoms with Gasteiger partial charge in [-0.25, -0.2) is 0 Å². The molecule has 0 heterocycles. The molecule has 0 saturated carbocycles. The highest BCUT2D eigenvalue weighted by atomic mass is 16.5. The van der Waals surface area contributed by atoms with Crippen LogP contribution in [0.4, 0.5) is 11.4 Å². The molecule has 5 nitrogen and oxygen atoms in total. The Balaban J connectivity index is 1.68. The van der Waals surface area contributed by atoms with Gasteiger partial charge in [0.2, 0.25) is 0 Å². The summed E-state index contributed by atoms with van der Waals surface area (Å²) in [6.07, 6.45) is 0. The summed E-state index contributed by atoms with van der Waals surface area (Å²) < 4.78 is 5.72. The van der Waals surface area contributed by atoms with Crippen LogP contribution < -0.4 is 9.80 Å². The number of nitriles is 2. The van der Waals surface area contributed by atoms with E-state index in [1.807, 2.05) is 62.6 Å². The van der Waals surface area contributed by atoms with E-state index < -0.39 is 0 Å². The van der Waals surface area contributed by atoms with E-state index in [0.29, 0.717) is 24.3 Å². The van der Waals surface area contributed by atoms with Gasteiger partial charge in [0.1, 0.15) is 0 Å². The maximum absolute atomic E-state index is 8.82. The number of nitrogens with zero attached hydrogens (tertiary/aromatic N) is 4. The number of rotatable bonds is 8. The monoisotopic (exact) mass is 334 g/mol. The van der Waals surface area contributed by atoms with Crippen LogP contribution in [0, 0.1) is 22.7 Å². The molecule has 0 radical (unpaired) electrons. The Morgan fingerprint density at radius 2 is 1.08 bits per heavy atom. The largest absolute Gasteiger partial charge is 0.378 e. The highest BCUT2D eigenvalue weighted by Gasteiger charge is 2.03. The highest BCUT2D eigenvalue weighted by Crippen LogP contribution is 2.14. The fourth-order valence-electron chi connectivity index (χ4n) is 2.34. The highest BCUT2D eigenvalue weighted by molar-refractivity contribution is 5.49. The van der Waals surface area contributed by atoms with Gasteiger partial charge in [-0.05, 0) is 48.5 Å². The van der Waals surface area contributed by atoms with Crippen molar-refractivity contribution in [3.05, 3.63) is 59.7 Å². The molecule has 0 unspecified atom stereocenters. The minimum atomic E-state index is 0.637. The van der Waals surface area contributed by atoms with Crippen molar-refractivity contribution >= 4 is 11.4 Å². The molecular weight excluding hydrogens is 312 g/mol. The third kappa shape index (κ3) is 5.53. The Bertz CT molecular complexity index is 676. The van der Waals surface area contributed by atoms with E-state index in [9.17, 15) is 0 Å². The smallest absolute Gasteiger partial charge is 0.0991 e.